The summed E-state index contributed by atoms with van der Waals surface area (Å²) in [6.45, 7) is 7.46. The van der Waals surface area contributed by atoms with Crippen LogP contribution in [0.25, 0.3) is 0 Å². The van der Waals surface area contributed by atoms with Crippen molar-refractivity contribution in [1.82, 2.24) is 20.1 Å². The highest BCUT2D eigenvalue weighted by molar-refractivity contribution is 9.11. The summed E-state index contributed by atoms with van der Waals surface area (Å²) in [4.78, 5) is 5.76. The van der Waals surface area contributed by atoms with Gasteiger partial charge in [-0.25, -0.2) is 9.67 Å². The summed E-state index contributed by atoms with van der Waals surface area (Å²) in [5.74, 6) is 1.04. The highest BCUT2D eigenvalue weighted by atomic mass is 79.9. The summed E-state index contributed by atoms with van der Waals surface area (Å²) in [6, 6.07) is 4.92. The second kappa shape index (κ2) is 7.33. The average Bonchev–Trinajstić information content (AvgIpc) is 3.03. The predicted octanol–water partition coefficient (Wildman–Crippen LogP) is 3.97. The standard InChI is InChI=1S/C14H21BrN4S/c1-4-7-16-11(12-5-6-13(15)20-12)8-14-17-9-18-19(14)10(2)3/h5-6,9-11,16H,4,7-8H2,1-3H3. The molecule has 0 amide bonds. The van der Waals surface area contributed by atoms with E-state index in [2.05, 4.69) is 64.2 Å². The molecule has 4 nitrogen and oxygen atoms in total. The molecule has 2 aromatic rings. The average molecular weight is 357 g/mol. The van der Waals surface area contributed by atoms with Crippen LogP contribution in [0.15, 0.2) is 22.2 Å². The molecule has 0 fully saturated rings. The van der Waals surface area contributed by atoms with E-state index in [-0.39, 0.29) is 0 Å². The molecule has 0 aliphatic carbocycles. The van der Waals surface area contributed by atoms with Gasteiger partial charge in [0.05, 0.1) is 3.79 Å². The third kappa shape index (κ3) is 3.90. The van der Waals surface area contributed by atoms with Crippen molar-refractivity contribution in [3.8, 4) is 0 Å². The molecule has 110 valence electrons. The van der Waals surface area contributed by atoms with Gasteiger partial charge in [-0.3, -0.25) is 0 Å². The Morgan fingerprint density at radius 1 is 1.40 bits per heavy atom. The molecule has 0 aliphatic heterocycles. The van der Waals surface area contributed by atoms with Gasteiger partial charge in [0.25, 0.3) is 0 Å². The first kappa shape index (κ1) is 15.7. The van der Waals surface area contributed by atoms with Crippen LogP contribution in [0.1, 0.15) is 50.0 Å². The van der Waals surface area contributed by atoms with Crippen molar-refractivity contribution in [2.24, 2.45) is 0 Å². The molecule has 0 radical (unpaired) electrons. The van der Waals surface area contributed by atoms with Gasteiger partial charge in [0.1, 0.15) is 12.2 Å². The molecule has 6 heteroatoms. The van der Waals surface area contributed by atoms with Crippen molar-refractivity contribution in [3.05, 3.63) is 32.9 Å². The fraction of sp³-hybridized carbons (Fsp3) is 0.571. The molecular formula is C14H21BrN4S. The van der Waals surface area contributed by atoms with E-state index in [1.54, 1.807) is 17.7 Å². The SMILES string of the molecule is CCCNC(Cc1ncnn1C(C)C)c1ccc(Br)s1. The van der Waals surface area contributed by atoms with Gasteiger partial charge in [0.15, 0.2) is 0 Å². The van der Waals surface area contributed by atoms with Crippen molar-refractivity contribution < 1.29 is 0 Å². The molecule has 0 spiro atoms. The van der Waals surface area contributed by atoms with Gasteiger partial charge in [-0.2, -0.15) is 5.10 Å². The molecule has 0 saturated heterocycles. The molecule has 2 rings (SSSR count). The van der Waals surface area contributed by atoms with E-state index in [1.807, 2.05) is 4.68 Å². The molecule has 2 aromatic heterocycles. The maximum Gasteiger partial charge on any atom is 0.138 e. The molecule has 2 heterocycles. The lowest BCUT2D eigenvalue weighted by Gasteiger charge is -2.18. The van der Waals surface area contributed by atoms with E-state index < -0.39 is 0 Å². The van der Waals surface area contributed by atoms with Crippen molar-refractivity contribution >= 4 is 27.3 Å². The van der Waals surface area contributed by atoms with E-state index >= 15 is 0 Å². The zero-order valence-electron chi connectivity index (χ0n) is 12.1. The van der Waals surface area contributed by atoms with E-state index in [0.717, 1.165) is 25.2 Å². The minimum atomic E-state index is 0.299. The van der Waals surface area contributed by atoms with Crippen molar-refractivity contribution in [3.63, 3.8) is 0 Å². The molecule has 1 atom stereocenters. The monoisotopic (exact) mass is 356 g/mol. The van der Waals surface area contributed by atoms with Gasteiger partial charge < -0.3 is 5.32 Å². The quantitative estimate of drug-likeness (QED) is 0.816. The largest absolute Gasteiger partial charge is 0.309 e. The molecule has 0 aromatic carbocycles. The Morgan fingerprint density at radius 2 is 2.20 bits per heavy atom. The molecule has 0 aliphatic rings. The van der Waals surface area contributed by atoms with Crippen molar-refractivity contribution in [2.75, 3.05) is 6.54 Å². The molecular weight excluding hydrogens is 336 g/mol. The number of nitrogens with zero attached hydrogens (tertiary/aromatic N) is 3. The van der Waals surface area contributed by atoms with E-state index in [4.69, 9.17) is 0 Å². The first-order valence-corrected chi connectivity index (χ1v) is 8.59. The van der Waals surface area contributed by atoms with Crippen LogP contribution in [0.3, 0.4) is 0 Å². The van der Waals surface area contributed by atoms with Gasteiger partial charge >= 0.3 is 0 Å². The second-order valence-electron chi connectivity index (χ2n) is 5.07. The summed E-state index contributed by atoms with van der Waals surface area (Å²) in [5, 5.41) is 7.93. The maximum atomic E-state index is 4.42. The Bertz CT molecular complexity index is 535. The highest BCUT2D eigenvalue weighted by Crippen LogP contribution is 2.29. The topological polar surface area (TPSA) is 42.7 Å². The van der Waals surface area contributed by atoms with Crippen LogP contribution in [0.4, 0.5) is 0 Å². The smallest absolute Gasteiger partial charge is 0.138 e. The highest BCUT2D eigenvalue weighted by Gasteiger charge is 2.18. The Kier molecular flexibility index (Phi) is 5.74. The summed E-state index contributed by atoms with van der Waals surface area (Å²) in [7, 11) is 0. The van der Waals surface area contributed by atoms with Crippen molar-refractivity contribution in [1.29, 1.82) is 0 Å². The Hall–Kier alpha value is -0.720. The summed E-state index contributed by atoms with van der Waals surface area (Å²) in [6.07, 6.45) is 3.64. The van der Waals surface area contributed by atoms with E-state index in [1.165, 1.54) is 8.66 Å². The molecule has 0 bridgehead atoms. The number of rotatable bonds is 7. The first-order chi connectivity index (χ1) is 9.61. The summed E-state index contributed by atoms with van der Waals surface area (Å²) >= 11 is 5.32. The molecule has 1 unspecified atom stereocenters. The van der Waals surface area contributed by atoms with Gasteiger partial charge in [-0.05, 0) is 54.9 Å². The minimum absolute atomic E-state index is 0.299. The lowest BCUT2D eigenvalue weighted by Crippen LogP contribution is -2.25. The van der Waals surface area contributed by atoms with Gasteiger partial charge in [0, 0.05) is 23.4 Å². The number of aromatic nitrogens is 3. The zero-order chi connectivity index (χ0) is 14.5. The van der Waals surface area contributed by atoms with Crippen LogP contribution in [0, 0.1) is 0 Å². The van der Waals surface area contributed by atoms with Gasteiger partial charge in [-0.1, -0.05) is 6.92 Å². The molecule has 0 saturated carbocycles. The van der Waals surface area contributed by atoms with Gasteiger partial charge in [-0.15, -0.1) is 11.3 Å². The first-order valence-electron chi connectivity index (χ1n) is 6.98. The molecule has 20 heavy (non-hydrogen) atoms. The van der Waals surface area contributed by atoms with Gasteiger partial charge in [0.2, 0.25) is 0 Å². The van der Waals surface area contributed by atoms with E-state index in [9.17, 15) is 0 Å². The Morgan fingerprint density at radius 3 is 2.80 bits per heavy atom. The second-order valence-corrected chi connectivity index (χ2v) is 7.56. The fourth-order valence-corrected chi connectivity index (χ4v) is 3.64. The Balaban J connectivity index is 2.17. The van der Waals surface area contributed by atoms with E-state index in [0.29, 0.717) is 12.1 Å². The van der Waals surface area contributed by atoms with Crippen LogP contribution >= 0.6 is 27.3 Å². The number of nitrogens with one attached hydrogen (secondary N) is 1. The number of halogens is 1. The normalized spacial score (nSPS) is 13.1. The number of thiophene rings is 1. The third-order valence-electron chi connectivity index (χ3n) is 3.10. The van der Waals surface area contributed by atoms with Crippen LogP contribution in [0.2, 0.25) is 0 Å². The number of hydrogen-bond acceptors (Lipinski definition) is 4. The fourth-order valence-electron chi connectivity index (χ4n) is 2.14. The summed E-state index contributed by atoms with van der Waals surface area (Å²) < 4.78 is 3.17. The zero-order valence-corrected chi connectivity index (χ0v) is 14.5. The predicted molar refractivity (Wildman–Crippen MR) is 87.2 cm³/mol. The minimum Gasteiger partial charge on any atom is -0.309 e. The maximum absolute atomic E-state index is 4.42. The van der Waals surface area contributed by atoms with Crippen LogP contribution in [0.5, 0.6) is 0 Å². The lowest BCUT2D eigenvalue weighted by molar-refractivity contribution is 0.466. The Labute approximate surface area is 132 Å². The third-order valence-corrected chi connectivity index (χ3v) is 4.84. The van der Waals surface area contributed by atoms with Crippen LogP contribution in [-0.2, 0) is 6.42 Å². The summed E-state index contributed by atoms with van der Waals surface area (Å²) in [5.41, 5.74) is 0. The van der Waals surface area contributed by atoms with Crippen LogP contribution in [-0.4, -0.2) is 21.3 Å². The van der Waals surface area contributed by atoms with Crippen LogP contribution < -0.4 is 5.32 Å². The molecule has 1 N–H and O–H groups in total. The number of hydrogen-bond donors (Lipinski definition) is 1. The van der Waals surface area contributed by atoms with Crippen molar-refractivity contribution in [2.45, 2.75) is 45.7 Å². The lowest BCUT2D eigenvalue weighted by atomic mass is 10.1.